The van der Waals surface area contributed by atoms with E-state index in [0.717, 1.165) is 12.8 Å². The second kappa shape index (κ2) is 6.42. The molecule has 80 valence electrons. The van der Waals surface area contributed by atoms with E-state index < -0.39 is 5.60 Å². The molecule has 0 amide bonds. The molecule has 1 heteroatoms. The molecule has 0 aromatic rings. The maximum atomic E-state index is 10.1. The highest BCUT2D eigenvalue weighted by Gasteiger charge is 2.26. The molecule has 0 spiro atoms. The van der Waals surface area contributed by atoms with Crippen LogP contribution in [0.1, 0.15) is 66.2 Å². The highest BCUT2D eigenvalue weighted by atomic mass is 16.3. The molecule has 0 aliphatic rings. The van der Waals surface area contributed by atoms with E-state index >= 15 is 0 Å². The maximum Gasteiger partial charge on any atom is 0.0645 e. The molecule has 0 saturated carbocycles. The van der Waals surface area contributed by atoms with Crippen LogP contribution in [0.5, 0.6) is 0 Å². The Morgan fingerprint density at radius 2 is 1.77 bits per heavy atom. The van der Waals surface area contributed by atoms with Crippen LogP contribution in [0.25, 0.3) is 0 Å². The summed E-state index contributed by atoms with van der Waals surface area (Å²) in [6.45, 7) is 8.50. The van der Waals surface area contributed by atoms with E-state index in [1.807, 2.05) is 6.92 Å². The van der Waals surface area contributed by atoms with Crippen molar-refractivity contribution in [2.75, 3.05) is 0 Å². The van der Waals surface area contributed by atoms with Crippen LogP contribution >= 0.6 is 0 Å². The van der Waals surface area contributed by atoms with Crippen LogP contribution in [0.2, 0.25) is 0 Å². The topological polar surface area (TPSA) is 20.2 Å². The van der Waals surface area contributed by atoms with E-state index in [1.54, 1.807) is 0 Å². The maximum absolute atomic E-state index is 10.1. The van der Waals surface area contributed by atoms with Crippen molar-refractivity contribution in [3.8, 4) is 0 Å². The van der Waals surface area contributed by atoms with Crippen molar-refractivity contribution in [2.45, 2.75) is 71.8 Å². The van der Waals surface area contributed by atoms with E-state index in [2.05, 4.69) is 20.8 Å². The highest BCUT2D eigenvalue weighted by molar-refractivity contribution is 4.78. The molecule has 0 aromatic heterocycles. The van der Waals surface area contributed by atoms with Crippen molar-refractivity contribution in [1.29, 1.82) is 0 Å². The van der Waals surface area contributed by atoms with Gasteiger partial charge in [0, 0.05) is 0 Å². The first-order chi connectivity index (χ1) is 6.04. The van der Waals surface area contributed by atoms with Crippen molar-refractivity contribution in [3.05, 3.63) is 0 Å². The normalized spacial score (nSPS) is 18.2. The monoisotopic (exact) mass is 186 g/mol. The van der Waals surface area contributed by atoms with Crippen LogP contribution in [0.15, 0.2) is 0 Å². The first-order valence-corrected chi connectivity index (χ1v) is 5.77. The molecule has 0 radical (unpaired) electrons. The van der Waals surface area contributed by atoms with Crippen LogP contribution < -0.4 is 0 Å². The van der Waals surface area contributed by atoms with Gasteiger partial charge in [-0.2, -0.15) is 0 Å². The molecule has 2 atom stereocenters. The number of hydrogen-bond acceptors (Lipinski definition) is 1. The van der Waals surface area contributed by atoms with Crippen LogP contribution in [0.3, 0.4) is 0 Å². The summed E-state index contributed by atoms with van der Waals surface area (Å²) in [6, 6.07) is 0. The molecule has 1 nitrogen and oxygen atoms in total. The van der Waals surface area contributed by atoms with Gasteiger partial charge in [0.05, 0.1) is 5.60 Å². The predicted octanol–water partition coefficient (Wildman–Crippen LogP) is 3.75. The van der Waals surface area contributed by atoms with Crippen molar-refractivity contribution in [3.63, 3.8) is 0 Å². The predicted molar refractivity (Wildman–Crippen MR) is 58.8 cm³/mol. The van der Waals surface area contributed by atoms with Gasteiger partial charge in [-0.3, -0.25) is 0 Å². The van der Waals surface area contributed by atoms with Gasteiger partial charge in [-0.25, -0.2) is 0 Å². The molecular formula is C12H26O. The number of aliphatic hydroxyl groups is 1. The van der Waals surface area contributed by atoms with Crippen LogP contribution in [0.4, 0.5) is 0 Å². The zero-order chi connectivity index (χ0) is 10.3. The van der Waals surface area contributed by atoms with Crippen molar-refractivity contribution in [1.82, 2.24) is 0 Å². The lowest BCUT2D eigenvalue weighted by Crippen LogP contribution is -2.32. The fourth-order valence-corrected chi connectivity index (χ4v) is 1.76. The zero-order valence-electron chi connectivity index (χ0n) is 9.77. The minimum Gasteiger partial charge on any atom is -0.390 e. The summed E-state index contributed by atoms with van der Waals surface area (Å²) in [5.41, 5.74) is -0.442. The van der Waals surface area contributed by atoms with E-state index in [9.17, 15) is 5.11 Å². The second-order valence-corrected chi connectivity index (χ2v) is 4.50. The largest absolute Gasteiger partial charge is 0.390 e. The molecule has 0 fully saturated rings. The Labute approximate surface area is 83.5 Å². The molecular weight excluding hydrogens is 160 g/mol. The molecule has 0 rings (SSSR count). The number of hydrogen-bond donors (Lipinski definition) is 1. The quantitative estimate of drug-likeness (QED) is 0.600. The van der Waals surface area contributed by atoms with Crippen molar-refractivity contribution < 1.29 is 5.11 Å². The van der Waals surface area contributed by atoms with Gasteiger partial charge >= 0.3 is 0 Å². The molecule has 1 N–H and O–H groups in total. The molecule has 2 unspecified atom stereocenters. The third kappa shape index (κ3) is 5.30. The molecule has 13 heavy (non-hydrogen) atoms. The van der Waals surface area contributed by atoms with Gasteiger partial charge in [-0.1, -0.05) is 46.5 Å². The first kappa shape index (κ1) is 13.0. The van der Waals surface area contributed by atoms with Gasteiger partial charge < -0.3 is 5.11 Å². The molecule has 0 heterocycles. The van der Waals surface area contributed by atoms with Gasteiger partial charge in [0.15, 0.2) is 0 Å². The fraction of sp³-hybridized carbons (Fsp3) is 1.00. The Hall–Kier alpha value is -0.0400. The lowest BCUT2D eigenvalue weighted by molar-refractivity contribution is -0.00641. The van der Waals surface area contributed by atoms with E-state index in [1.165, 1.54) is 25.7 Å². The van der Waals surface area contributed by atoms with Gasteiger partial charge in [0.2, 0.25) is 0 Å². The third-order valence-electron chi connectivity index (χ3n) is 3.06. The van der Waals surface area contributed by atoms with Crippen molar-refractivity contribution >= 4 is 0 Å². The van der Waals surface area contributed by atoms with Gasteiger partial charge in [-0.05, 0) is 25.7 Å². The summed E-state index contributed by atoms with van der Waals surface area (Å²) in [5.74, 6) is 0.444. The van der Waals surface area contributed by atoms with E-state index in [0.29, 0.717) is 5.92 Å². The van der Waals surface area contributed by atoms with Crippen LogP contribution in [-0.4, -0.2) is 10.7 Å². The van der Waals surface area contributed by atoms with E-state index in [-0.39, 0.29) is 0 Å². The van der Waals surface area contributed by atoms with Crippen LogP contribution in [-0.2, 0) is 0 Å². The Kier molecular flexibility index (Phi) is 6.40. The Morgan fingerprint density at radius 3 is 2.23 bits per heavy atom. The molecule has 0 saturated heterocycles. The number of unbranched alkanes of at least 4 members (excludes halogenated alkanes) is 2. The average molecular weight is 186 g/mol. The minimum absolute atomic E-state index is 0.442. The van der Waals surface area contributed by atoms with Gasteiger partial charge in [-0.15, -0.1) is 0 Å². The molecule has 0 aromatic carbocycles. The lowest BCUT2D eigenvalue weighted by Gasteiger charge is -2.30. The fourth-order valence-electron chi connectivity index (χ4n) is 1.76. The summed E-state index contributed by atoms with van der Waals surface area (Å²) >= 11 is 0. The van der Waals surface area contributed by atoms with Crippen LogP contribution in [0, 0.1) is 5.92 Å². The Balaban J connectivity index is 3.72. The Morgan fingerprint density at radius 1 is 1.15 bits per heavy atom. The summed E-state index contributed by atoms with van der Waals surface area (Å²) in [5, 5.41) is 10.1. The van der Waals surface area contributed by atoms with E-state index in [4.69, 9.17) is 0 Å². The van der Waals surface area contributed by atoms with Gasteiger partial charge in [0.25, 0.3) is 0 Å². The number of rotatable bonds is 7. The first-order valence-electron chi connectivity index (χ1n) is 5.77. The summed E-state index contributed by atoms with van der Waals surface area (Å²) in [4.78, 5) is 0. The SMILES string of the molecule is CCCCCC(C)C(C)(O)CCC. The van der Waals surface area contributed by atoms with Crippen molar-refractivity contribution in [2.24, 2.45) is 5.92 Å². The minimum atomic E-state index is -0.442. The second-order valence-electron chi connectivity index (χ2n) is 4.50. The molecule has 0 aliphatic carbocycles. The Bertz CT molecular complexity index is 118. The summed E-state index contributed by atoms with van der Waals surface area (Å²) < 4.78 is 0. The van der Waals surface area contributed by atoms with Gasteiger partial charge in [0.1, 0.15) is 0 Å². The summed E-state index contributed by atoms with van der Waals surface area (Å²) in [7, 11) is 0. The average Bonchev–Trinajstić information content (AvgIpc) is 2.04. The zero-order valence-corrected chi connectivity index (χ0v) is 9.77. The summed E-state index contributed by atoms with van der Waals surface area (Å²) in [6.07, 6.45) is 7.00. The molecule has 0 bridgehead atoms. The smallest absolute Gasteiger partial charge is 0.0645 e. The lowest BCUT2D eigenvalue weighted by atomic mass is 9.83. The standard InChI is InChI=1S/C12H26O/c1-5-7-8-9-11(3)12(4,13)10-6-2/h11,13H,5-10H2,1-4H3. The third-order valence-corrected chi connectivity index (χ3v) is 3.06. The molecule has 0 aliphatic heterocycles. The highest BCUT2D eigenvalue weighted by Crippen LogP contribution is 2.26.